The maximum atomic E-state index is 13.2. The van der Waals surface area contributed by atoms with E-state index in [1.54, 1.807) is 12.3 Å². The molecule has 0 atom stereocenters. The van der Waals surface area contributed by atoms with Crippen molar-refractivity contribution >= 4 is 34.3 Å². The molecule has 2 aliphatic heterocycles. The second kappa shape index (κ2) is 8.68. The van der Waals surface area contributed by atoms with Crippen LogP contribution in [0.5, 0.6) is 0 Å². The van der Waals surface area contributed by atoms with Gasteiger partial charge < -0.3 is 14.2 Å². The average molecular weight is 473 g/mol. The summed E-state index contributed by atoms with van der Waals surface area (Å²) in [6, 6.07) is 15.3. The molecule has 2 aromatic heterocycles. The highest BCUT2D eigenvalue weighted by Crippen LogP contribution is 2.33. The number of piperidine rings is 1. The summed E-state index contributed by atoms with van der Waals surface area (Å²) in [5.41, 5.74) is 2.91. The van der Waals surface area contributed by atoms with E-state index in [2.05, 4.69) is 9.97 Å². The standard InChI is InChI=1S/C26H24N4O3S/c31-25(19-6-7-21-22(14-19)33-23(28-21)18-4-2-1-3-5-18)29-11-8-17(9-12-29)20-15-30(16-20)26(32)24-27-10-13-34-24/h1-7,10,13-14,17,20H,8-9,11-12,15-16H2. The molecule has 34 heavy (non-hydrogen) atoms. The smallest absolute Gasteiger partial charge is 0.282 e. The first kappa shape index (κ1) is 21.0. The van der Waals surface area contributed by atoms with Gasteiger partial charge in [0.1, 0.15) is 5.52 Å². The summed E-state index contributed by atoms with van der Waals surface area (Å²) in [5, 5.41) is 2.40. The lowest BCUT2D eigenvalue weighted by Gasteiger charge is -2.45. The number of amides is 2. The first-order valence-corrected chi connectivity index (χ1v) is 12.5. The normalized spacial score (nSPS) is 17.2. The lowest BCUT2D eigenvalue weighted by molar-refractivity contribution is 0.0228. The summed E-state index contributed by atoms with van der Waals surface area (Å²) in [6.45, 7) is 3.07. The van der Waals surface area contributed by atoms with Gasteiger partial charge in [-0.3, -0.25) is 9.59 Å². The van der Waals surface area contributed by atoms with Crippen LogP contribution in [0.2, 0.25) is 0 Å². The van der Waals surface area contributed by atoms with Gasteiger partial charge in [0, 0.05) is 48.9 Å². The molecule has 0 bridgehead atoms. The minimum Gasteiger partial charge on any atom is -0.436 e. The van der Waals surface area contributed by atoms with Crippen LogP contribution in [0.15, 0.2) is 64.5 Å². The zero-order valence-corrected chi connectivity index (χ0v) is 19.4. The molecule has 0 saturated carbocycles. The predicted molar refractivity (Wildman–Crippen MR) is 130 cm³/mol. The Kier molecular flexibility index (Phi) is 5.37. The monoisotopic (exact) mass is 472 g/mol. The maximum Gasteiger partial charge on any atom is 0.282 e. The number of carbonyl (C=O) groups is 2. The van der Waals surface area contributed by atoms with E-state index in [1.807, 2.05) is 57.6 Å². The fourth-order valence-electron chi connectivity index (χ4n) is 4.96. The molecule has 0 N–H and O–H groups in total. The highest BCUT2D eigenvalue weighted by Gasteiger charge is 2.38. The van der Waals surface area contributed by atoms with Crippen molar-refractivity contribution in [1.82, 2.24) is 19.8 Å². The zero-order chi connectivity index (χ0) is 23.1. The fraction of sp³-hybridized carbons (Fsp3) is 0.308. The summed E-state index contributed by atoms with van der Waals surface area (Å²) in [5.74, 6) is 1.70. The van der Waals surface area contributed by atoms with E-state index in [0.29, 0.717) is 33.9 Å². The van der Waals surface area contributed by atoms with Crippen LogP contribution in [0.25, 0.3) is 22.6 Å². The maximum absolute atomic E-state index is 13.2. The van der Waals surface area contributed by atoms with E-state index in [9.17, 15) is 9.59 Å². The van der Waals surface area contributed by atoms with Crippen LogP contribution >= 0.6 is 11.3 Å². The van der Waals surface area contributed by atoms with Crippen molar-refractivity contribution < 1.29 is 14.0 Å². The molecular formula is C26H24N4O3S. The predicted octanol–water partition coefficient (Wildman–Crippen LogP) is 4.58. The van der Waals surface area contributed by atoms with Gasteiger partial charge in [-0.2, -0.15) is 0 Å². The van der Waals surface area contributed by atoms with E-state index in [4.69, 9.17) is 4.42 Å². The second-order valence-electron chi connectivity index (χ2n) is 9.00. The Morgan fingerprint density at radius 2 is 1.74 bits per heavy atom. The summed E-state index contributed by atoms with van der Waals surface area (Å²) in [7, 11) is 0. The molecule has 0 spiro atoms. The van der Waals surface area contributed by atoms with E-state index < -0.39 is 0 Å². The lowest BCUT2D eigenvalue weighted by atomic mass is 9.79. The Balaban J connectivity index is 1.06. The van der Waals surface area contributed by atoms with Gasteiger partial charge in [0.15, 0.2) is 10.6 Å². The van der Waals surface area contributed by atoms with E-state index in [0.717, 1.165) is 50.1 Å². The summed E-state index contributed by atoms with van der Waals surface area (Å²) in [6.07, 6.45) is 3.61. The minimum atomic E-state index is 0.0344. The Bertz CT molecular complexity index is 1320. The van der Waals surface area contributed by atoms with Crippen LogP contribution in [0.4, 0.5) is 0 Å². The van der Waals surface area contributed by atoms with Gasteiger partial charge in [0.05, 0.1) is 0 Å². The summed E-state index contributed by atoms with van der Waals surface area (Å²) in [4.78, 5) is 38.1. The topological polar surface area (TPSA) is 79.5 Å². The summed E-state index contributed by atoms with van der Waals surface area (Å²) >= 11 is 1.39. The fourth-order valence-corrected chi connectivity index (χ4v) is 5.56. The number of hydrogen-bond acceptors (Lipinski definition) is 6. The SMILES string of the molecule is O=C(c1ccc2nc(-c3ccccc3)oc2c1)N1CCC(C2CN(C(=O)c3nccs3)C2)CC1. The molecular weight excluding hydrogens is 448 g/mol. The Labute approximate surface area is 201 Å². The first-order valence-electron chi connectivity index (χ1n) is 11.6. The van der Waals surface area contributed by atoms with Gasteiger partial charge >= 0.3 is 0 Å². The Morgan fingerprint density at radius 3 is 2.47 bits per heavy atom. The van der Waals surface area contributed by atoms with E-state index in [-0.39, 0.29) is 11.8 Å². The van der Waals surface area contributed by atoms with Gasteiger partial charge in [-0.25, -0.2) is 9.97 Å². The third-order valence-corrected chi connectivity index (χ3v) is 7.72. The number of benzene rings is 2. The number of carbonyl (C=O) groups excluding carboxylic acids is 2. The number of thiazole rings is 1. The second-order valence-corrected chi connectivity index (χ2v) is 9.90. The van der Waals surface area contributed by atoms with Gasteiger partial charge in [0.2, 0.25) is 5.89 Å². The van der Waals surface area contributed by atoms with Gasteiger partial charge in [0.25, 0.3) is 11.8 Å². The molecule has 7 nitrogen and oxygen atoms in total. The summed E-state index contributed by atoms with van der Waals surface area (Å²) < 4.78 is 5.94. The highest BCUT2D eigenvalue weighted by molar-refractivity contribution is 7.11. The van der Waals surface area contributed by atoms with Crippen molar-refractivity contribution in [2.24, 2.45) is 11.8 Å². The highest BCUT2D eigenvalue weighted by atomic mass is 32.1. The molecule has 0 aliphatic carbocycles. The van der Waals surface area contributed by atoms with Gasteiger partial charge in [-0.05, 0) is 55.0 Å². The molecule has 2 saturated heterocycles. The third kappa shape index (κ3) is 3.88. The first-order chi connectivity index (χ1) is 16.7. The number of rotatable bonds is 4. The van der Waals surface area contributed by atoms with Gasteiger partial charge in [-0.15, -0.1) is 11.3 Å². The van der Waals surface area contributed by atoms with Crippen LogP contribution in [0.3, 0.4) is 0 Å². The van der Waals surface area contributed by atoms with Crippen molar-refractivity contribution in [3.05, 3.63) is 70.7 Å². The number of aromatic nitrogens is 2. The van der Waals surface area contributed by atoms with Crippen LogP contribution in [0.1, 0.15) is 33.0 Å². The number of hydrogen-bond donors (Lipinski definition) is 0. The minimum absolute atomic E-state index is 0.0344. The lowest BCUT2D eigenvalue weighted by Crippen LogP contribution is -2.54. The van der Waals surface area contributed by atoms with E-state index >= 15 is 0 Å². The molecule has 2 fully saturated rings. The van der Waals surface area contributed by atoms with Crippen LogP contribution < -0.4 is 0 Å². The number of nitrogens with zero attached hydrogens (tertiary/aromatic N) is 4. The van der Waals surface area contributed by atoms with Crippen LogP contribution in [-0.2, 0) is 0 Å². The third-order valence-electron chi connectivity index (χ3n) is 6.96. The molecule has 2 amide bonds. The van der Waals surface area contributed by atoms with E-state index in [1.165, 1.54) is 11.3 Å². The average Bonchev–Trinajstić information content (AvgIpc) is 3.53. The van der Waals surface area contributed by atoms with Crippen LogP contribution in [0, 0.1) is 11.8 Å². The molecule has 0 unspecified atom stereocenters. The molecule has 4 aromatic rings. The van der Waals surface area contributed by atoms with Crippen molar-refractivity contribution in [3.63, 3.8) is 0 Å². The molecule has 2 aromatic carbocycles. The largest absolute Gasteiger partial charge is 0.436 e. The molecule has 0 radical (unpaired) electrons. The van der Waals surface area contributed by atoms with Crippen molar-refractivity contribution in [2.45, 2.75) is 12.8 Å². The molecule has 4 heterocycles. The van der Waals surface area contributed by atoms with Gasteiger partial charge in [-0.1, -0.05) is 18.2 Å². The van der Waals surface area contributed by atoms with Crippen LogP contribution in [-0.4, -0.2) is 57.8 Å². The zero-order valence-electron chi connectivity index (χ0n) is 18.6. The van der Waals surface area contributed by atoms with Crippen molar-refractivity contribution in [1.29, 1.82) is 0 Å². The number of oxazole rings is 1. The van der Waals surface area contributed by atoms with Crippen molar-refractivity contribution in [2.75, 3.05) is 26.2 Å². The Morgan fingerprint density at radius 1 is 0.941 bits per heavy atom. The molecule has 8 heteroatoms. The molecule has 2 aliphatic rings. The Hall–Kier alpha value is -3.52. The number of fused-ring (bicyclic) bond motifs is 1. The quantitative estimate of drug-likeness (QED) is 0.435. The number of likely N-dealkylation sites (tertiary alicyclic amines) is 2. The molecule has 6 rings (SSSR count). The molecule has 172 valence electrons. The van der Waals surface area contributed by atoms with Crippen molar-refractivity contribution in [3.8, 4) is 11.5 Å².